The Labute approximate surface area is 125 Å². The summed E-state index contributed by atoms with van der Waals surface area (Å²) in [5.41, 5.74) is 3.89. The lowest BCUT2D eigenvalue weighted by Crippen LogP contribution is -2.04. The number of nitrogens with zero attached hydrogens (tertiary/aromatic N) is 2. The first-order valence-corrected chi connectivity index (χ1v) is 6.89. The van der Waals surface area contributed by atoms with Crippen LogP contribution in [0.5, 0.6) is 11.6 Å². The molecule has 0 aliphatic carbocycles. The highest BCUT2D eigenvalue weighted by molar-refractivity contribution is 5.41. The molecule has 2 aromatic rings. The Morgan fingerprint density at radius 3 is 2.71 bits per heavy atom. The molecule has 0 bridgehead atoms. The van der Waals surface area contributed by atoms with Gasteiger partial charge in [0.05, 0.1) is 0 Å². The van der Waals surface area contributed by atoms with Gasteiger partial charge in [0.25, 0.3) is 6.26 Å². The maximum Gasteiger partial charge on any atom is 0.292 e. The zero-order chi connectivity index (χ0) is 15.2. The van der Waals surface area contributed by atoms with E-state index < -0.39 is 0 Å². The van der Waals surface area contributed by atoms with Crippen molar-refractivity contribution in [3.8, 4) is 17.9 Å². The van der Waals surface area contributed by atoms with Crippen molar-refractivity contribution >= 4 is 0 Å². The molecule has 0 radical (unpaired) electrons. The SMILES string of the molecule is CCc1cccc(OC#N)c1COc1nc(C)ccc1C. The van der Waals surface area contributed by atoms with E-state index in [2.05, 4.69) is 11.9 Å². The summed E-state index contributed by atoms with van der Waals surface area (Å²) in [6.07, 6.45) is 2.57. The fourth-order valence-corrected chi connectivity index (χ4v) is 2.14. The van der Waals surface area contributed by atoms with Crippen LogP contribution in [-0.2, 0) is 13.0 Å². The Kier molecular flexibility index (Phi) is 4.78. The molecule has 21 heavy (non-hydrogen) atoms. The van der Waals surface area contributed by atoms with Crippen LogP contribution in [0.15, 0.2) is 30.3 Å². The van der Waals surface area contributed by atoms with E-state index in [0.717, 1.165) is 28.8 Å². The van der Waals surface area contributed by atoms with Crippen molar-refractivity contribution in [2.24, 2.45) is 0 Å². The van der Waals surface area contributed by atoms with Crippen LogP contribution in [0.4, 0.5) is 0 Å². The van der Waals surface area contributed by atoms with Crippen molar-refractivity contribution in [2.75, 3.05) is 0 Å². The molecule has 0 spiro atoms. The van der Waals surface area contributed by atoms with Gasteiger partial charge in [0.2, 0.25) is 5.88 Å². The number of aromatic nitrogens is 1. The third-order valence-corrected chi connectivity index (χ3v) is 3.31. The molecule has 1 aromatic carbocycles. The number of aryl methyl sites for hydroxylation is 3. The summed E-state index contributed by atoms with van der Waals surface area (Å²) in [4.78, 5) is 4.39. The second-order valence-corrected chi connectivity index (χ2v) is 4.80. The standard InChI is InChI=1S/C17H18N2O2/c1-4-14-6-5-7-16(21-11-18)15(14)10-20-17-12(2)8-9-13(3)19-17/h5-9H,4,10H2,1-3H3. The average Bonchev–Trinajstić information content (AvgIpc) is 2.49. The van der Waals surface area contributed by atoms with Crippen molar-refractivity contribution < 1.29 is 9.47 Å². The normalized spacial score (nSPS) is 10.0. The highest BCUT2D eigenvalue weighted by Crippen LogP contribution is 2.25. The van der Waals surface area contributed by atoms with Crippen molar-refractivity contribution in [3.05, 3.63) is 52.7 Å². The lowest BCUT2D eigenvalue weighted by molar-refractivity contribution is 0.285. The largest absolute Gasteiger partial charge is 0.472 e. The van der Waals surface area contributed by atoms with Crippen LogP contribution in [-0.4, -0.2) is 4.98 Å². The maximum absolute atomic E-state index is 8.75. The molecule has 0 amide bonds. The van der Waals surface area contributed by atoms with E-state index in [1.165, 1.54) is 0 Å². The van der Waals surface area contributed by atoms with Gasteiger partial charge in [0.1, 0.15) is 12.4 Å². The summed E-state index contributed by atoms with van der Waals surface area (Å²) < 4.78 is 10.9. The van der Waals surface area contributed by atoms with Crippen LogP contribution in [0.2, 0.25) is 0 Å². The van der Waals surface area contributed by atoms with Crippen LogP contribution in [0.3, 0.4) is 0 Å². The molecule has 1 aromatic heterocycles. The summed E-state index contributed by atoms with van der Waals surface area (Å²) in [6, 6.07) is 9.60. The summed E-state index contributed by atoms with van der Waals surface area (Å²) in [6.45, 7) is 6.28. The second-order valence-electron chi connectivity index (χ2n) is 4.80. The lowest BCUT2D eigenvalue weighted by atomic mass is 10.0. The van der Waals surface area contributed by atoms with E-state index in [0.29, 0.717) is 18.2 Å². The summed E-state index contributed by atoms with van der Waals surface area (Å²) >= 11 is 0. The third kappa shape index (κ3) is 3.51. The van der Waals surface area contributed by atoms with E-state index >= 15 is 0 Å². The van der Waals surface area contributed by atoms with Crippen LogP contribution in [0, 0.1) is 25.4 Å². The van der Waals surface area contributed by atoms with Gasteiger partial charge in [-0.3, -0.25) is 0 Å². The van der Waals surface area contributed by atoms with Crippen molar-refractivity contribution in [3.63, 3.8) is 0 Å². The zero-order valence-corrected chi connectivity index (χ0v) is 12.5. The second kappa shape index (κ2) is 6.76. The van der Waals surface area contributed by atoms with Gasteiger partial charge in [-0.25, -0.2) is 4.98 Å². The van der Waals surface area contributed by atoms with Crippen LogP contribution in [0.1, 0.15) is 29.3 Å². The zero-order valence-electron chi connectivity index (χ0n) is 12.5. The highest BCUT2D eigenvalue weighted by atomic mass is 16.5. The molecule has 0 atom stereocenters. The quantitative estimate of drug-likeness (QED) is 0.785. The number of benzene rings is 1. The Bertz CT molecular complexity index is 675. The van der Waals surface area contributed by atoms with Crippen molar-refractivity contribution in [1.82, 2.24) is 4.98 Å². The van der Waals surface area contributed by atoms with Gasteiger partial charge in [-0.05, 0) is 38.0 Å². The molecule has 1 heterocycles. The molecule has 0 fully saturated rings. The molecular formula is C17H18N2O2. The maximum atomic E-state index is 8.75. The van der Waals surface area contributed by atoms with Crippen LogP contribution in [0.25, 0.3) is 0 Å². The third-order valence-electron chi connectivity index (χ3n) is 3.31. The Morgan fingerprint density at radius 1 is 1.19 bits per heavy atom. The van der Waals surface area contributed by atoms with Gasteiger partial charge in [-0.15, -0.1) is 5.26 Å². The number of ether oxygens (including phenoxy) is 2. The van der Waals surface area contributed by atoms with E-state index in [-0.39, 0.29) is 0 Å². The van der Waals surface area contributed by atoms with Crippen molar-refractivity contribution in [2.45, 2.75) is 33.8 Å². The van der Waals surface area contributed by atoms with Gasteiger partial charge >= 0.3 is 0 Å². The van der Waals surface area contributed by atoms with Crippen LogP contribution < -0.4 is 9.47 Å². The molecular weight excluding hydrogens is 264 g/mol. The van der Waals surface area contributed by atoms with E-state index in [1.54, 1.807) is 12.3 Å². The summed E-state index contributed by atoms with van der Waals surface area (Å²) in [7, 11) is 0. The molecule has 0 aliphatic rings. The van der Waals surface area contributed by atoms with Gasteiger partial charge in [0, 0.05) is 16.8 Å². The first-order valence-electron chi connectivity index (χ1n) is 6.89. The number of hydrogen-bond acceptors (Lipinski definition) is 4. The van der Waals surface area contributed by atoms with Gasteiger partial charge in [0.15, 0.2) is 0 Å². The molecule has 0 saturated heterocycles. The Hall–Kier alpha value is -2.54. The molecule has 4 nitrogen and oxygen atoms in total. The van der Waals surface area contributed by atoms with Crippen molar-refractivity contribution in [1.29, 1.82) is 5.26 Å². The lowest BCUT2D eigenvalue weighted by Gasteiger charge is -2.13. The molecule has 0 aliphatic heterocycles. The molecule has 108 valence electrons. The predicted octanol–water partition coefficient (Wildman–Crippen LogP) is 3.70. The number of hydrogen-bond donors (Lipinski definition) is 0. The molecule has 0 saturated carbocycles. The monoisotopic (exact) mass is 282 g/mol. The number of nitriles is 1. The number of pyridine rings is 1. The first-order chi connectivity index (χ1) is 10.2. The van der Waals surface area contributed by atoms with E-state index in [4.69, 9.17) is 14.7 Å². The topological polar surface area (TPSA) is 55.1 Å². The van der Waals surface area contributed by atoms with Gasteiger partial charge < -0.3 is 9.47 Å². The minimum absolute atomic E-state index is 0.332. The fraction of sp³-hybridized carbons (Fsp3) is 0.294. The van der Waals surface area contributed by atoms with Gasteiger partial charge in [-0.1, -0.05) is 25.1 Å². The fourth-order valence-electron chi connectivity index (χ4n) is 2.14. The Morgan fingerprint density at radius 2 is 2.00 bits per heavy atom. The molecule has 0 N–H and O–H groups in total. The molecule has 0 unspecified atom stereocenters. The molecule has 4 heteroatoms. The minimum Gasteiger partial charge on any atom is -0.472 e. The highest BCUT2D eigenvalue weighted by Gasteiger charge is 2.11. The number of rotatable bonds is 5. The van der Waals surface area contributed by atoms with E-state index in [9.17, 15) is 0 Å². The first kappa shape index (κ1) is 14.9. The summed E-state index contributed by atoms with van der Waals surface area (Å²) in [5, 5.41) is 8.75. The smallest absolute Gasteiger partial charge is 0.292 e. The molecule has 2 rings (SSSR count). The predicted molar refractivity (Wildman–Crippen MR) is 80.1 cm³/mol. The Balaban J connectivity index is 2.26. The average molecular weight is 282 g/mol. The van der Waals surface area contributed by atoms with Gasteiger partial charge in [-0.2, -0.15) is 0 Å². The minimum atomic E-state index is 0.332. The summed E-state index contributed by atoms with van der Waals surface area (Å²) in [5.74, 6) is 1.16. The van der Waals surface area contributed by atoms with E-state index in [1.807, 2.05) is 38.1 Å². The van der Waals surface area contributed by atoms with Crippen LogP contribution >= 0.6 is 0 Å².